The summed E-state index contributed by atoms with van der Waals surface area (Å²) in [6, 6.07) is 1.07. The van der Waals surface area contributed by atoms with Crippen LogP contribution in [0.1, 0.15) is 0 Å². The number of hydrogen-bond donors (Lipinski definition) is 2. The largest absolute Gasteiger partial charge is 0.411 e. The van der Waals surface area contributed by atoms with Crippen LogP contribution in [0.4, 0.5) is 14.9 Å². The van der Waals surface area contributed by atoms with Crippen LogP contribution >= 0.6 is 12.4 Å². The second-order valence-corrected chi connectivity index (χ2v) is 3.39. The van der Waals surface area contributed by atoms with Crippen LogP contribution in [0.25, 0.3) is 11.4 Å². The number of halogens is 2. The van der Waals surface area contributed by atoms with Crippen molar-refractivity contribution in [1.82, 2.24) is 20.0 Å². The van der Waals surface area contributed by atoms with Gasteiger partial charge in [-0.15, -0.1) is 17.5 Å². The van der Waals surface area contributed by atoms with E-state index in [2.05, 4.69) is 15.3 Å². The lowest BCUT2D eigenvalue weighted by Crippen LogP contribution is -2.18. The molecule has 0 saturated heterocycles. The van der Waals surface area contributed by atoms with Crippen molar-refractivity contribution < 1.29 is 13.9 Å². The highest BCUT2D eigenvalue weighted by Gasteiger charge is 2.20. The lowest BCUT2D eigenvalue weighted by atomic mass is 10.2. The quantitative estimate of drug-likeness (QED) is 0.828. The van der Waals surface area contributed by atoms with E-state index in [-0.39, 0.29) is 35.4 Å². The third-order valence-electron chi connectivity index (χ3n) is 2.06. The number of anilines is 1. The summed E-state index contributed by atoms with van der Waals surface area (Å²) in [6.07, 6.45) is 0.193. The first-order valence-corrected chi connectivity index (χ1v) is 4.77. The molecule has 2 aromatic heterocycles. The Morgan fingerprint density at radius 3 is 2.74 bits per heavy atom. The monoisotopic (exact) mass is 288 g/mol. The van der Waals surface area contributed by atoms with E-state index >= 15 is 0 Å². The molecule has 8 nitrogen and oxygen atoms in total. The smallest absolute Gasteiger partial charge is 0.397 e. The summed E-state index contributed by atoms with van der Waals surface area (Å²) in [5.41, 5.74) is 10.3. The highest BCUT2D eigenvalue weighted by atomic mass is 35.5. The zero-order valence-corrected chi connectivity index (χ0v) is 10.5. The lowest BCUT2D eigenvalue weighted by molar-refractivity contribution is 0.207. The first-order chi connectivity index (χ1) is 8.49. The Balaban J connectivity index is 0.00000180. The SMILES string of the molecule is Cl.Cn1nnc(-c2ncc(N)cc2F)c1OC(N)=O. The minimum absolute atomic E-state index is 0. The molecule has 0 fully saturated rings. The Morgan fingerprint density at radius 1 is 1.47 bits per heavy atom. The van der Waals surface area contributed by atoms with Gasteiger partial charge in [0.25, 0.3) is 5.88 Å². The molecular formula is C9H10ClFN6O2. The van der Waals surface area contributed by atoms with Gasteiger partial charge in [-0.1, -0.05) is 5.21 Å². The van der Waals surface area contributed by atoms with Gasteiger partial charge in [-0.25, -0.2) is 18.9 Å². The van der Waals surface area contributed by atoms with Crippen LogP contribution in [0, 0.1) is 5.82 Å². The number of aromatic nitrogens is 4. The summed E-state index contributed by atoms with van der Waals surface area (Å²) in [7, 11) is 1.46. The van der Waals surface area contributed by atoms with Crippen molar-refractivity contribution in [2.24, 2.45) is 12.8 Å². The number of carbonyl (C=O) groups is 1. The molecule has 4 N–H and O–H groups in total. The molecule has 2 rings (SSSR count). The fraction of sp³-hybridized carbons (Fsp3) is 0.111. The van der Waals surface area contributed by atoms with Crippen molar-refractivity contribution in [3.63, 3.8) is 0 Å². The molecule has 0 spiro atoms. The fourth-order valence-corrected chi connectivity index (χ4v) is 1.33. The summed E-state index contributed by atoms with van der Waals surface area (Å²) in [4.78, 5) is 14.5. The number of nitrogen functional groups attached to an aromatic ring is 1. The minimum Gasteiger partial charge on any atom is -0.397 e. The van der Waals surface area contributed by atoms with Crippen LogP contribution in [0.15, 0.2) is 12.3 Å². The summed E-state index contributed by atoms with van der Waals surface area (Å²) in [5.74, 6) is -0.802. The van der Waals surface area contributed by atoms with Crippen molar-refractivity contribution in [3.8, 4) is 17.3 Å². The molecule has 0 aliphatic carbocycles. The van der Waals surface area contributed by atoms with Crippen LogP contribution in [0.3, 0.4) is 0 Å². The highest BCUT2D eigenvalue weighted by molar-refractivity contribution is 5.85. The van der Waals surface area contributed by atoms with Crippen LogP contribution in [-0.2, 0) is 7.05 Å². The van der Waals surface area contributed by atoms with E-state index in [1.807, 2.05) is 0 Å². The molecule has 2 aromatic rings. The van der Waals surface area contributed by atoms with Crippen LogP contribution < -0.4 is 16.2 Å². The first-order valence-electron chi connectivity index (χ1n) is 4.77. The Hall–Kier alpha value is -2.42. The lowest BCUT2D eigenvalue weighted by Gasteiger charge is -2.03. The highest BCUT2D eigenvalue weighted by Crippen LogP contribution is 2.28. The normalized spacial score (nSPS) is 9.79. The molecule has 102 valence electrons. The Kier molecular flexibility index (Phi) is 4.22. The molecule has 2 heterocycles. The van der Waals surface area contributed by atoms with E-state index in [1.165, 1.54) is 13.2 Å². The third-order valence-corrected chi connectivity index (χ3v) is 2.06. The number of ether oxygens (including phenoxy) is 1. The Labute approximate surface area is 113 Å². The van der Waals surface area contributed by atoms with Gasteiger partial charge in [0.2, 0.25) is 0 Å². The zero-order chi connectivity index (χ0) is 13.3. The van der Waals surface area contributed by atoms with Crippen LogP contribution in [-0.4, -0.2) is 26.1 Å². The van der Waals surface area contributed by atoms with E-state index in [0.29, 0.717) is 0 Å². The van der Waals surface area contributed by atoms with Crippen molar-refractivity contribution in [1.29, 1.82) is 0 Å². The predicted octanol–water partition coefficient (Wildman–Crippen LogP) is 0.478. The maximum absolute atomic E-state index is 13.7. The van der Waals surface area contributed by atoms with Gasteiger partial charge in [0, 0.05) is 13.1 Å². The topological polar surface area (TPSA) is 122 Å². The van der Waals surface area contributed by atoms with E-state index in [4.69, 9.17) is 16.2 Å². The molecule has 0 atom stereocenters. The van der Waals surface area contributed by atoms with Crippen molar-refractivity contribution in [3.05, 3.63) is 18.1 Å². The number of hydrogen-bond acceptors (Lipinski definition) is 6. The summed E-state index contributed by atoms with van der Waals surface area (Å²) >= 11 is 0. The van der Waals surface area contributed by atoms with Gasteiger partial charge < -0.3 is 16.2 Å². The van der Waals surface area contributed by atoms with Gasteiger partial charge in [0.1, 0.15) is 5.69 Å². The van der Waals surface area contributed by atoms with Gasteiger partial charge in [0.05, 0.1) is 11.9 Å². The standard InChI is InChI=1S/C9H9FN6O2.ClH/c1-16-8(18-9(12)17)7(14-15-16)6-5(10)2-4(11)3-13-6;/h2-3H,11H2,1H3,(H2,12,17);1H. The van der Waals surface area contributed by atoms with Gasteiger partial charge in [-0.05, 0) is 0 Å². The molecule has 0 bridgehead atoms. The van der Waals surface area contributed by atoms with Crippen molar-refractivity contribution in [2.75, 3.05) is 5.73 Å². The molecule has 0 radical (unpaired) electrons. The number of aryl methyl sites for hydroxylation is 1. The predicted molar refractivity (Wildman–Crippen MR) is 66.1 cm³/mol. The maximum atomic E-state index is 13.7. The van der Waals surface area contributed by atoms with Gasteiger partial charge >= 0.3 is 6.09 Å². The number of rotatable bonds is 2. The minimum atomic E-state index is -1.06. The fourth-order valence-electron chi connectivity index (χ4n) is 1.33. The second kappa shape index (κ2) is 5.48. The number of primary amides is 1. The molecule has 0 saturated carbocycles. The number of amides is 1. The van der Waals surface area contributed by atoms with Crippen LogP contribution in [0.5, 0.6) is 5.88 Å². The Bertz CT molecular complexity index is 617. The Morgan fingerprint density at radius 2 is 2.16 bits per heavy atom. The molecular weight excluding hydrogens is 279 g/mol. The molecule has 10 heteroatoms. The molecule has 19 heavy (non-hydrogen) atoms. The molecule has 0 aliphatic rings. The zero-order valence-electron chi connectivity index (χ0n) is 9.70. The first kappa shape index (κ1) is 14.6. The van der Waals surface area contributed by atoms with Crippen molar-refractivity contribution >= 4 is 24.2 Å². The molecule has 0 unspecified atom stereocenters. The average molecular weight is 289 g/mol. The van der Waals surface area contributed by atoms with Gasteiger partial charge in [-0.3, -0.25) is 0 Å². The van der Waals surface area contributed by atoms with E-state index in [1.54, 1.807) is 0 Å². The van der Waals surface area contributed by atoms with Gasteiger partial charge in [-0.2, -0.15) is 0 Å². The molecule has 1 amide bonds. The summed E-state index contributed by atoms with van der Waals surface area (Å²) < 4.78 is 19.5. The summed E-state index contributed by atoms with van der Waals surface area (Å²) in [6.45, 7) is 0. The van der Waals surface area contributed by atoms with E-state index in [0.717, 1.165) is 10.7 Å². The number of nitrogens with two attached hydrogens (primary N) is 2. The number of nitrogens with zero attached hydrogens (tertiary/aromatic N) is 4. The third kappa shape index (κ3) is 2.88. The van der Waals surface area contributed by atoms with E-state index < -0.39 is 11.9 Å². The summed E-state index contributed by atoms with van der Waals surface area (Å²) in [5, 5.41) is 7.27. The van der Waals surface area contributed by atoms with Gasteiger partial charge in [0.15, 0.2) is 11.5 Å². The number of pyridine rings is 1. The average Bonchev–Trinajstić information content (AvgIpc) is 2.60. The van der Waals surface area contributed by atoms with Crippen molar-refractivity contribution in [2.45, 2.75) is 0 Å². The van der Waals surface area contributed by atoms with Crippen LogP contribution in [0.2, 0.25) is 0 Å². The molecule has 0 aromatic carbocycles. The number of carbonyl (C=O) groups excluding carboxylic acids is 1. The molecule has 0 aliphatic heterocycles. The van der Waals surface area contributed by atoms with E-state index in [9.17, 15) is 9.18 Å². The second-order valence-electron chi connectivity index (χ2n) is 3.39. The maximum Gasteiger partial charge on any atom is 0.411 e.